The van der Waals surface area contributed by atoms with Crippen molar-refractivity contribution >= 4 is 11.0 Å². The van der Waals surface area contributed by atoms with Crippen LogP contribution >= 0.6 is 0 Å². The van der Waals surface area contributed by atoms with E-state index in [-0.39, 0.29) is 0 Å². The standard InChI is InChI=1S/C7H8N4/c1-4-6-3-8-11-7(6)10-5(2)9-4/h3H,1-2H3,(H,8,9,10,11). The lowest BCUT2D eigenvalue weighted by Gasteiger charge is -1.94. The van der Waals surface area contributed by atoms with E-state index in [0.717, 1.165) is 22.6 Å². The van der Waals surface area contributed by atoms with Gasteiger partial charge in [-0.05, 0) is 13.8 Å². The molecule has 0 aliphatic carbocycles. The maximum Gasteiger partial charge on any atom is 0.159 e. The predicted octanol–water partition coefficient (Wildman–Crippen LogP) is 0.970. The molecule has 0 saturated heterocycles. The van der Waals surface area contributed by atoms with Crippen molar-refractivity contribution in [3.8, 4) is 0 Å². The number of nitrogens with zero attached hydrogens (tertiary/aromatic N) is 3. The third-order valence-electron chi connectivity index (χ3n) is 1.61. The summed E-state index contributed by atoms with van der Waals surface area (Å²) in [5, 5.41) is 7.67. The molecule has 2 heterocycles. The van der Waals surface area contributed by atoms with E-state index in [1.165, 1.54) is 0 Å². The molecule has 0 amide bonds. The lowest BCUT2D eigenvalue weighted by molar-refractivity contribution is 1.03. The molecule has 1 N–H and O–H groups in total. The zero-order valence-electron chi connectivity index (χ0n) is 6.42. The van der Waals surface area contributed by atoms with Crippen molar-refractivity contribution in [3.05, 3.63) is 17.7 Å². The van der Waals surface area contributed by atoms with E-state index < -0.39 is 0 Å². The summed E-state index contributed by atoms with van der Waals surface area (Å²) in [4.78, 5) is 8.37. The van der Waals surface area contributed by atoms with Crippen molar-refractivity contribution in [1.82, 2.24) is 20.2 Å². The van der Waals surface area contributed by atoms with Crippen LogP contribution in [-0.2, 0) is 0 Å². The molecule has 0 saturated carbocycles. The summed E-state index contributed by atoms with van der Waals surface area (Å²) in [6.07, 6.45) is 1.74. The minimum atomic E-state index is 0.777. The van der Waals surface area contributed by atoms with Crippen LogP contribution in [0.4, 0.5) is 0 Å². The van der Waals surface area contributed by atoms with Crippen LogP contribution < -0.4 is 0 Å². The molecular formula is C7H8N4. The number of H-pyrrole nitrogens is 1. The van der Waals surface area contributed by atoms with Crippen molar-refractivity contribution in [2.75, 3.05) is 0 Å². The Kier molecular flexibility index (Phi) is 1.15. The number of rotatable bonds is 0. The summed E-state index contributed by atoms with van der Waals surface area (Å²) in [5.74, 6) is 0.777. The van der Waals surface area contributed by atoms with Gasteiger partial charge in [-0.2, -0.15) is 5.10 Å². The van der Waals surface area contributed by atoms with Gasteiger partial charge in [-0.25, -0.2) is 9.97 Å². The van der Waals surface area contributed by atoms with Crippen LogP contribution in [0.1, 0.15) is 11.5 Å². The van der Waals surface area contributed by atoms with Gasteiger partial charge in [0.15, 0.2) is 5.65 Å². The first kappa shape index (κ1) is 6.27. The Hall–Kier alpha value is -1.45. The molecule has 0 unspecified atom stereocenters. The predicted molar refractivity (Wildman–Crippen MR) is 41.2 cm³/mol. The molecule has 0 bridgehead atoms. The normalized spacial score (nSPS) is 10.7. The maximum atomic E-state index is 4.20. The largest absolute Gasteiger partial charge is 0.261 e. The van der Waals surface area contributed by atoms with Crippen LogP contribution in [0.3, 0.4) is 0 Å². The lowest BCUT2D eigenvalue weighted by atomic mass is 10.3. The molecule has 2 aromatic rings. The average molecular weight is 148 g/mol. The molecule has 2 rings (SSSR count). The van der Waals surface area contributed by atoms with Gasteiger partial charge in [0.05, 0.1) is 17.3 Å². The third kappa shape index (κ3) is 0.869. The highest BCUT2D eigenvalue weighted by Gasteiger charge is 2.01. The van der Waals surface area contributed by atoms with Gasteiger partial charge in [-0.15, -0.1) is 0 Å². The summed E-state index contributed by atoms with van der Waals surface area (Å²) in [7, 11) is 0. The molecule has 2 aromatic heterocycles. The first-order valence-corrected chi connectivity index (χ1v) is 3.41. The number of hydrogen-bond acceptors (Lipinski definition) is 3. The van der Waals surface area contributed by atoms with Crippen LogP contribution in [0.25, 0.3) is 11.0 Å². The molecule has 4 nitrogen and oxygen atoms in total. The number of fused-ring (bicyclic) bond motifs is 1. The Bertz CT molecular complexity index is 390. The SMILES string of the molecule is Cc1nc(C)c2cn[nH]c2n1. The van der Waals surface area contributed by atoms with Crippen molar-refractivity contribution in [1.29, 1.82) is 0 Å². The maximum absolute atomic E-state index is 4.20. The van der Waals surface area contributed by atoms with Gasteiger partial charge >= 0.3 is 0 Å². The second kappa shape index (κ2) is 2.02. The van der Waals surface area contributed by atoms with Crippen LogP contribution in [0.15, 0.2) is 6.20 Å². The van der Waals surface area contributed by atoms with Crippen LogP contribution in [0.5, 0.6) is 0 Å². The van der Waals surface area contributed by atoms with Gasteiger partial charge in [0, 0.05) is 0 Å². The number of aromatic nitrogens is 4. The second-order valence-corrected chi connectivity index (χ2v) is 2.49. The minimum Gasteiger partial charge on any atom is -0.261 e. The van der Waals surface area contributed by atoms with Gasteiger partial charge < -0.3 is 0 Å². The molecule has 4 heteroatoms. The molecule has 0 aliphatic heterocycles. The average Bonchev–Trinajstić information content (AvgIpc) is 2.34. The summed E-state index contributed by atoms with van der Waals surface area (Å²) in [5.41, 5.74) is 1.79. The molecule has 0 radical (unpaired) electrons. The minimum absolute atomic E-state index is 0.777. The monoisotopic (exact) mass is 148 g/mol. The molecule has 0 aliphatic rings. The van der Waals surface area contributed by atoms with Crippen LogP contribution in [-0.4, -0.2) is 20.2 Å². The highest BCUT2D eigenvalue weighted by Crippen LogP contribution is 2.10. The van der Waals surface area contributed by atoms with Crippen molar-refractivity contribution in [2.45, 2.75) is 13.8 Å². The second-order valence-electron chi connectivity index (χ2n) is 2.49. The zero-order valence-corrected chi connectivity index (χ0v) is 6.42. The van der Waals surface area contributed by atoms with Gasteiger partial charge in [0.1, 0.15) is 5.82 Å². The fraction of sp³-hybridized carbons (Fsp3) is 0.286. The molecular weight excluding hydrogens is 140 g/mol. The van der Waals surface area contributed by atoms with Crippen LogP contribution in [0, 0.1) is 13.8 Å². The Morgan fingerprint density at radius 2 is 2.09 bits per heavy atom. The van der Waals surface area contributed by atoms with Gasteiger partial charge in [0.25, 0.3) is 0 Å². The highest BCUT2D eigenvalue weighted by molar-refractivity contribution is 5.75. The summed E-state index contributed by atoms with van der Waals surface area (Å²) >= 11 is 0. The Morgan fingerprint density at radius 3 is 2.91 bits per heavy atom. The smallest absolute Gasteiger partial charge is 0.159 e. The molecule has 0 aromatic carbocycles. The molecule has 0 spiro atoms. The third-order valence-corrected chi connectivity index (χ3v) is 1.61. The fourth-order valence-corrected chi connectivity index (χ4v) is 1.12. The number of nitrogens with one attached hydrogen (secondary N) is 1. The fourth-order valence-electron chi connectivity index (χ4n) is 1.12. The van der Waals surface area contributed by atoms with E-state index in [1.807, 2.05) is 13.8 Å². The van der Waals surface area contributed by atoms with E-state index >= 15 is 0 Å². The number of aryl methyl sites for hydroxylation is 2. The molecule has 0 fully saturated rings. The number of hydrogen-bond donors (Lipinski definition) is 1. The molecule has 11 heavy (non-hydrogen) atoms. The quantitative estimate of drug-likeness (QED) is 0.605. The summed E-state index contributed by atoms with van der Waals surface area (Å²) in [6, 6.07) is 0. The van der Waals surface area contributed by atoms with E-state index in [1.54, 1.807) is 6.20 Å². The van der Waals surface area contributed by atoms with Gasteiger partial charge in [-0.1, -0.05) is 0 Å². The topological polar surface area (TPSA) is 54.5 Å². The molecule has 0 atom stereocenters. The van der Waals surface area contributed by atoms with Crippen molar-refractivity contribution in [2.24, 2.45) is 0 Å². The van der Waals surface area contributed by atoms with E-state index in [0.29, 0.717) is 0 Å². The van der Waals surface area contributed by atoms with Gasteiger partial charge in [-0.3, -0.25) is 5.10 Å². The van der Waals surface area contributed by atoms with E-state index in [4.69, 9.17) is 0 Å². The lowest BCUT2D eigenvalue weighted by Crippen LogP contribution is -1.90. The zero-order chi connectivity index (χ0) is 7.84. The summed E-state index contributed by atoms with van der Waals surface area (Å²) < 4.78 is 0. The summed E-state index contributed by atoms with van der Waals surface area (Å²) in [6.45, 7) is 3.82. The first-order valence-electron chi connectivity index (χ1n) is 3.41. The van der Waals surface area contributed by atoms with Crippen molar-refractivity contribution < 1.29 is 0 Å². The molecule has 56 valence electrons. The van der Waals surface area contributed by atoms with E-state index in [2.05, 4.69) is 20.2 Å². The Labute approximate surface area is 63.7 Å². The Morgan fingerprint density at radius 1 is 1.27 bits per heavy atom. The first-order chi connectivity index (χ1) is 5.27. The highest BCUT2D eigenvalue weighted by atomic mass is 15.1. The van der Waals surface area contributed by atoms with Crippen LogP contribution in [0.2, 0.25) is 0 Å². The van der Waals surface area contributed by atoms with Crippen molar-refractivity contribution in [3.63, 3.8) is 0 Å². The Balaban J connectivity index is 2.91. The van der Waals surface area contributed by atoms with E-state index in [9.17, 15) is 0 Å². The number of aromatic amines is 1. The van der Waals surface area contributed by atoms with Gasteiger partial charge in [0.2, 0.25) is 0 Å².